The standard InChI is InChI=1S/C8H7NO3/c10-4-9-6-1-2-7-8(3-6)12-5-11-7/h1-3,7-8H,5H2. The minimum absolute atomic E-state index is 0.0180. The lowest BCUT2D eigenvalue weighted by Gasteiger charge is -2.12. The van der Waals surface area contributed by atoms with E-state index in [2.05, 4.69) is 4.99 Å². The van der Waals surface area contributed by atoms with Gasteiger partial charge in [0, 0.05) is 0 Å². The molecule has 0 aromatic rings. The van der Waals surface area contributed by atoms with Crippen molar-refractivity contribution >= 4 is 6.08 Å². The Balaban J connectivity index is 2.20. The first-order valence-electron chi connectivity index (χ1n) is 3.61. The maximum Gasteiger partial charge on any atom is 0.240 e. The van der Waals surface area contributed by atoms with E-state index in [0.29, 0.717) is 12.5 Å². The first kappa shape index (κ1) is 7.43. The fourth-order valence-corrected chi connectivity index (χ4v) is 1.24. The highest BCUT2D eigenvalue weighted by molar-refractivity contribution is 5.41. The van der Waals surface area contributed by atoms with E-state index in [0.717, 1.165) is 0 Å². The van der Waals surface area contributed by atoms with E-state index < -0.39 is 0 Å². The second-order valence-corrected chi connectivity index (χ2v) is 2.53. The lowest BCUT2D eigenvalue weighted by Crippen LogP contribution is -2.20. The van der Waals surface area contributed by atoms with Crippen LogP contribution in [0.15, 0.2) is 28.9 Å². The second-order valence-electron chi connectivity index (χ2n) is 2.53. The van der Waals surface area contributed by atoms with E-state index in [9.17, 15) is 4.79 Å². The van der Waals surface area contributed by atoms with Crippen LogP contribution in [-0.2, 0) is 14.3 Å². The van der Waals surface area contributed by atoms with Crippen LogP contribution in [0.3, 0.4) is 0 Å². The zero-order chi connectivity index (χ0) is 8.39. The molecule has 1 aliphatic carbocycles. The number of carbonyl (C=O) groups excluding carboxylic acids is 1. The molecule has 4 nitrogen and oxygen atoms in total. The van der Waals surface area contributed by atoms with Crippen LogP contribution in [0.1, 0.15) is 0 Å². The molecule has 0 amide bonds. The number of ether oxygens (including phenoxy) is 2. The average molecular weight is 165 g/mol. The first-order chi connectivity index (χ1) is 5.90. The molecular weight excluding hydrogens is 158 g/mol. The Morgan fingerprint density at radius 3 is 3.17 bits per heavy atom. The van der Waals surface area contributed by atoms with Crippen molar-refractivity contribution in [2.75, 3.05) is 6.79 Å². The van der Waals surface area contributed by atoms with Gasteiger partial charge in [-0.15, -0.1) is 0 Å². The number of isocyanates is 1. The van der Waals surface area contributed by atoms with Crippen LogP contribution in [-0.4, -0.2) is 25.1 Å². The summed E-state index contributed by atoms with van der Waals surface area (Å²) in [5.74, 6) is 0. The third-order valence-corrected chi connectivity index (χ3v) is 1.81. The molecule has 62 valence electrons. The molecule has 4 heteroatoms. The Hall–Kier alpha value is -1.22. The van der Waals surface area contributed by atoms with E-state index in [4.69, 9.17) is 9.47 Å². The molecule has 2 aliphatic rings. The number of aliphatic imine (C=N–C) groups is 1. The van der Waals surface area contributed by atoms with Gasteiger partial charge in [-0.3, -0.25) is 0 Å². The molecule has 2 unspecified atom stereocenters. The quantitative estimate of drug-likeness (QED) is 0.420. The van der Waals surface area contributed by atoms with Crippen LogP contribution >= 0.6 is 0 Å². The molecule has 1 fully saturated rings. The van der Waals surface area contributed by atoms with Gasteiger partial charge >= 0.3 is 0 Å². The Morgan fingerprint density at radius 2 is 2.33 bits per heavy atom. The molecule has 0 spiro atoms. The predicted octanol–water partition coefficient (Wildman–Crippen LogP) is 0.517. The molecule has 0 saturated carbocycles. The van der Waals surface area contributed by atoms with Gasteiger partial charge in [-0.2, -0.15) is 4.99 Å². The topological polar surface area (TPSA) is 47.9 Å². The van der Waals surface area contributed by atoms with E-state index in [1.54, 1.807) is 12.2 Å². The number of hydrogen-bond donors (Lipinski definition) is 0. The maximum absolute atomic E-state index is 9.93. The Kier molecular flexibility index (Phi) is 1.87. The van der Waals surface area contributed by atoms with Crippen molar-refractivity contribution in [2.24, 2.45) is 4.99 Å². The van der Waals surface area contributed by atoms with Crippen molar-refractivity contribution in [3.05, 3.63) is 23.9 Å². The van der Waals surface area contributed by atoms with Crippen molar-refractivity contribution < 1.29 is 14.3 Å². The summed E-state index contributed by atoms with van der Waals surface area (Å²) >= 11 is 0. The molecule has 12 heavy (non-hydrogen) atoms. The molecule has 1 saturated heterocycles. The smallest absolute Gasteiger partial charge is 0.240 e. The van der Waals surface area contributed by atoms with Crippen molar-refractivity contribution in [2.45, 2.75) is 12.2 Å². The highest BCUT2D eigenvalue weighted by Crippen LogP contribution is 2.22. The van der Waals surface area contributed by atoms with Crippen molar-refractivity contribution in [1.82, 2.24) is 0 Å². The van der Waals surface area contributed by atoms with E-state index in [1.807, 2.05) is 6.08 Å². The van der Waals surface area contributed by atoms with Gasteiger partial charge in [-0.05, 0) is 12.2 Å². The van der Waals surface area contributed by atoms with E-state index in [1.165, 1.54) is 6.08 Å². The average Bonchev–Trinajstić information content (AvgIpc) is 2.51. The summed E-state index contributed by atoms with van der Waals surface area (Å²) in [5, 5.41) is 0. The van der Waals surface area contributed by atoms with Gasteiger partial charge in [0.05, 0.1) is 5.70 Å². The number of hydrogen-bond acceptors (Lipinski definition) is 4. The SMILES string of the molecule is O=C=NC1=CC2OCOC2C=C1. The molecular formula is C8H7NO3. The summed E-state index contributed by atoms with van der Waals surface area (Å²) < 4.78 is 10.4. The predicted molar refractivity (Wildman–Crippen MR) is 40.0 cm³/mol. The number of fused-ring (bicyclic) bond motifs is 1. The number of nitrogens with zero attached hydrogens (tertiary/aromatic N) is 1. The van der Waals surface area contributed by atoms with Crippen LogP contribution in [0.5, 0.6) is 0 Å². The van der Waals surface area contributed by atoms with E-state index in [-0.39, 0.29) is 12.2 Å². The highest BCUT2D eigenvalue weighted by atomic mass is 16.7. The van der Waals surface area contributed by atoms with Gasteiger partial charge in [-0.1, -0.05) is 6.08 Å². The summed E-state index contributed by atoms with van der Waals surface area (Å²) in [5.41, 5.74) is 0.580. The lowest BCUT2D eigenvalue weighted by atomic mass is 10.1. The molecule has 0 N–H and O–H groups in total. The van der Waals surface area contributed by atoms with E-state index >= 15 is 0 Å². The number of allylic oxidation sites excluding steroid dienone is 1. The molecule has 0 bridgehead atoms. The molecule has 1 aliphatic heterocycles. The van der Waals surface area contributed by atoms with Gasteiger partial charge in [0.1, 0.15) is 19.0 Å². The van der Waals surface area contributed by atoms with Crippen LogP contribution in [0.25, 0.3) is 0 Å². The molecule has 2 atom stereocenters. The normalized spacial score (nSPS) is 32.2. The zero-order valence-electron chi connectivity index (χ0n) is 6.27. The van der Waals surface area contributed by atoms with Crippen LogP contribution < -0.4 is 0 Å². The van der Waals surface area contributed by atoms with Gasteiger partial charge in [0.25, 0.3) is 0 Å². The molecule has 0 aromatic heterocycles. The van der Waals surface area contributed by atoms with Crippen LogP contribution in [0.2, 0.25) is 0 Å². The van der Waals surface area contributed by atoms with Gasteiger partial charge < -0.3 is 9.47 Å². The van der Waals surface area contributed by atoms with Crippen molar-refractivity contribution in [3.8, 4) is 0 Å². The second kappa shape index (κ2) is 3.03. The molecule has 2 rings (SSSR count). The minimum Gasteiger partial charge on any atom is -0.345 e. The lowest BCUT2D eigenvalue weighted by molar-refractivity contribution is 0.0503. The van der Waals surface area contributed by atoms with Crippen molar-refractivity contribution in [1.29, 1.82) is 0 Å². The van der Waals surface area contributed by atoms with Crippen molar-refractivity contribution in [3.63, 3.8) is 0 Å². The summed E-state index contributed by atoms with van der Waals surface area (Å²) in [6, 6.07) is 0. The third kappa shape index (κ3) is 1.23. The summed E-state index contributed by atoms with van der Waals surface area (Å²) in [6.07, 6.45) is 6.67. The van der Waals surface area contributed by atoms with Gasteiger partial charge in [-0.25, -0.2) is 4.79 Å². The number of rotatable bonds is 1. The molecule has 0 aromatic carbocycles. The molecule has 1 heterocycles. The molecule has 0 radical (unpaired) electrons. The van der Waals surface area contributed by atoms with Crippen LogP contribution in [0.4, 0.5) is 0 Å². The largest absolute Gasteiger partial charge is 0.345 e. The van der Waals surface area contributed by atoms with Crippen LogP contribution in [0, 0.1) is 0 Å². The third-order valence-electron chi connectivity index (χ3n) is 1.81. The van der Waals surface area contributed by atoms with Gasteiger partial charge in [0.2, 0.25) is 6.08 Å². The Labute approximate surface area is 69.2 Å². The van der Waals surface area contributed by atoms with Gasteiger partial charge in [0.15, 0.2) is 0 Å². The monoisotopic (exact) mass is 165 g/mol. The Bertz CT molecular complexity index is 289. The summed E-state index contributed by atoms with van der Waals surface area (Å²) in [4.78, 5) is 13.4. The highest BCUT2D eigenvalue weighted by Gasteiger charge is 2.27. The fraction of sp³-hybridized carbons (Fsp3) is 0.375. The minimum atomic E-state index is -0.0953. The maximum atomic E-state index is 9.93. The summed E-state index contributed by atoms with van der Waals surface area (Å²) in [7, 11) is 0. The first-order valence-corrected chi connectivity index (χ1v) is 3.61. The summed E-state index contributed by atoms with van der Waals surface area (Å²) in [6.45, 7) is 0.300. The zero-order valence-corrected chi connectivity index (χ0v) is 6.27. The fourth-order valence-electron chi connectivity index (χ4n) is 1.24. The Morgan fingerprint density at radius 1 is 1.50 bits per heavy atom.